The summed E-state index contributed by atoms with van der Waals surface area (Å²) in [6, 6.07) is 4.72. The quantitative estimate of drug-likeness (QED) is 0.0759. The number of benzene rings is 1. The van der Waals surface area contributed by atoms with Gasteiger partial charge in [-0.25, -0.2) is 9.59 Å². The van der Waals surface area contributed by atoms with Crippen LogP contribution in [0.5, 0.6) is 5.75 Å². The van der Waals surface area contributed by atoms with Crippen molar-refractivity contribution in [1.29, 1.82) is 0 Å². The predicted octanol–water partition coefficient (Wildman–Crippen LogP) is 4.49. The summed E-state index contributed by atoms with van der Waals surface area (Å²) in [6.45, 7) is 2.61. The van der Waals surface area contributed by atoms with Gasteiger partial charge in [-0.1, -0.05) is 24.3 Å². The zero-order valence-electron chi connectivity index (χ0n) is 18.1. The maximum atomic E-state index is 13.8. The Bertz CT molecular complexity index is 1070. The summed E-state index contributed by atoms with van der Waals surface area (Å²) < 4.78 is 150. The van der Waals surface area contributed by atoms with Gasteiger partial charge in [0.2, 0.25) is 5.83 Å². The third-order valence-corrected chi connectivity index (χ3v) is 5.22. The number of alkyl halides is 7. The molecule has 1 unspecified atom stereocenters. The van der Waals surface area contributed by atoms with Crippen LogP contribution in [0.2, 0.25) is 0 Å². The van der Waals surface area contributed by atoms with Crippen molar-refractivity contribution >= 4 is 22.1 Å². The summed E-state index contributed by atoms with van der Waals surface area (Å²) in [6.07, 6.45) is -10.0. The highest BCUT2D eigenvalue weighted by Crippen LogP contribution is 2.42. The molecule has 0 fully saturated rings. The molecule has 0 amide bonds. The molecule has 0 aromatic heterocycles. The predicted molar refractivity (Wildman–Crippen MR) is 103 cm³/mol. The Morgan fingerprint density at radius 3 is 1.97 bits per heavy atom. The number of hydrogen-bond donors (Lipinski definition) is 1. The van der Waals surface area contributed by atoms with Crippen LogP contribution in [0, 0.1) is 6.92 Å². The lowest BCUT2D eigenvalue weighted by Gasteiger charge is -2.32. The van der Waals surface area contributed by atoms with E-state index in [-0.39, 0.29) is 0 Å². The monoisotopic (exact) mass is 558 g/mol. The van der Waals surface area contributed by atoms with E-state index in [1.54, 1.807) is 6.92 Å². The van der Waals surface area contributed by atoms with E-state index >= 15 is 0 Å². The van der Waals surface area contributed by atoms with Crippen LogP contribution in [0.15, 0.2) is 36.7 Å². The summed E-state index contributed by atoms with van der Waals surface area (Å²) in [5.41, 5.74) is 0.602. The molecule has 8 nitrogen and oxygen atoms in total. The molecule has 0 saturated heterocycles. The van der Waals surface area contributed by atoms with Crippen LogP contribution in [0.4, 0.5) is 35.1 Å². The number of aryl methyl sites for hydroxylation is 1. The molecule has 1 aromatic carbocycles. The van der Waals surface area contributed by atoms with E-state index in [9.17, 15) is 53.1 Å². The highest BCUT2D eigenvalue weighted by Gasteiger charge is 2.68. The minimum Gasteiger partial charge on any atom is -0.421 e. The Morgan fingerprint density at radius 2 is 1.53 bits per heavy atom. The molecule has 0 spiro atoms. The first kappa shape index (κ1) is 31.2. The van der Waals surface area contributed by atoms with Gasteiger partial charge in [0.25, 0.3) is 0 Å². The molecular weight excluding hydrogens is 540 g/mol. The third kappa shape index (κ3) is 7.13. The lowest BCUT2D eigenvalue weighted by molar-refractivity contribution is -0.352. The maximum absolute atomic E-state index is 13.8. The van der Waals surface area contributed by atoms with Crippen molar-refractivity contribution in [2.45, 2.75) is 49.3 Å². The molecule has 0 aliphatic rings. The van der Waals surface area contributed by atoms with Gasteiger partial charge >= 0.3 is 45.2 Å². The molecule has 0 aliphatic heterocycles. The number of rotatable bonds is 12. The second-order valence-electron chi connectivity index (χ2n) is 7.11. The van der Waals surface area contributed by atoms with E-state index in [4.69, 9.17) is 4.55 Å². The van der Waals surface area contributed by atoms with Crippen molar-refractivity contribution in [3.8, 4) is 5.75 Å². The van der Waals surface area contributed by atoms with E-state index in [2.05, 4.69) is 20.8 Å². The van der Waals surface area contributed by atoms with Crippen molar-refractivity contribution in [3.05, 3.63) is 42.2 Å². The first-order chi connectivity index (χ1) is 16.2. The minimum absolute atomic E-state index is 0.495. The number of hydrogen-bond acceptors (Lipinski definition) is 7. The largest absolute Gasteiger partial charge is 0.468 e. The first-order valence-electron chi connectivity index (χ1n) is 9.48. The molecular formula is C19H18F8O8S. The van der Waals surface area contributed by atoms with Gasteiger partial charge in [-0.2, -0.15) is 43.5 Å². The molecule has 36 heavy (non-hydrogen) atoms. The number of ether oxygens (including phenoxy) is 3. The number of carbonyl (C=O) groups is 2. The third-order valence-electron chi connectivity index (χ3n) is 4.27. The van der Waals surface area contributed by atoms with Crippen molar-refractivity contribution in [1.82, 2.24) is 0 Å². The van der Waals surface area contributed by atoms with E-state index in [1.165, 1.54) is 12.1 Å². The van der Waals surface area contributed by atoms with E-state index in [0.29, 0.717) is 5.56 Å². The Kier molecular flexibility index (Phi) is 9.62. The normalized spacial score (nSPS) is 14.6. The molecule has 0 radical (unpaired) electrons. The molecule has 1 atom stereocenters. The Morgan fingerprint density at radius 1 is 1.00 bits per heavy atom. The van der Waals surface area contributed by atoms with Crippen molar-refractivity contribution < 1.29 is 71.9 Å². The van der Waals surface area contributed by atoms with Crippen LogP contribution >= 0.6 is 0 Å². The second-order valence-corrected chi connectivity index (χ2v) is 8.58. The van der Waals surface area contributed by atoms with Gasteiger partial charge in [-0.15, -0.1) is 0 Å². The molecule has 0 saturated carbocycles. The highest BCUT2D eigenvalue weighted by atomic mass is 32.2. The molecule has 1 aromatic rings. The summed E-state index contributed by atoms with van der Waals surface area (Å²) in [4.78, 5) is 23.9. The van der Waals surface area contributed by atoms with Crippen LogP contribution in [-0.2, 0) is 29.2 Å². The zero-order valence-corrected chi connectivity index (χ0v) is 18.9. The molecule has 1 N–H and O–H groups in total. The molecule has 17 heteroatoms. The average Bonchev–Trinajstić information content (AvgIpc) is 2.72. The average molecular weight is 558 g/mol. The summed E-state index contributed by atoms with van der Waals surface area (Å²) >= 11 is 0. The Hall–Kier alpha value is -2.79. The van der Waals surface area contributed by atoms with Gasteiger partial charge < -0.3 is 14.2 Å². The van der Waals surface area contributed by atoms with Gasteiger partial charge in [-0.05, 0) is 31.9 Å². The van der Waals surface area contributed by atoms with Crippen LogP contribution in [0.1, 0.15) is 24.8 Å². The van der Waals surface area contributed by atoms with E-state index < -0.39 is 82.6 Å². The fourth-order valence-corrected chi connectivity index (χ4v) is 2.83. The van der Waals surface area contributed by atoms with Gasteiger partial charge in [0.15, 0.2) is 0 Å². The molecule has 0 bridgehead atoms. The van der Waals surface area contributed by atoms with Crippen LogP contribution < -0.4 is 4.74 Å². The first-order valence-corrected chi connectivity index (χ1v) is 10.9. The topological polar surface area (TPSA) is 116 Å². The van der Waals surface area contributed by atoms with Gasteiger partial charge in [0, 0.05) is 6.42 Å². The van der Waals surface area contributed by atoms with E-state index in [1.807, 2.05) is 0 Å². The van der Waals surface area contributed by atoms with Crippen LogP contribution in [0.3, 0.4) is 0 Å². The number of esters is 2. The number of unbranched alkanes of at least 4 members (excludes halogenated alkanes) is 1. The smallest absolute Gasteiger partial charge is 0.421 e. The lowest BCUT2D eigenvalue weighted by atomic mass is 10.1. The van der Waals surface area contributed by atoms with Gasteiger partial charge in [0.05, 0.1) is 6.61 Å². The van der Waals surface area contributed by atoms with E-state index in [0.717, 1.165) is 12.1 Å². The van der Waals surface area contributed by atoms with Gasteiger partial charge in [0.1, 0.15) is 5.75 Å². The summed E-state index contributed by atoms with van der Waals surface area (Å²) in [5.74, 6) is -17.4. The number of halogens is 8. The molecule has 204 valence electrons. The summed E-state index contributed by atoms with van der Waals surface area (Å²) in [7, 11) is -6.54. The van der Waals surface area contributed by atoms with Crippen molar-refractivity contribution in [2.24, 2.45) is 0 Å². The second kappa shape index (κ2) is 11.1. The van der Waals surface area contributed by atoms with Crippen LogP contribution in [0.25, 0.3) is 0 Å². The zero-order chi connectivity index (χ0) is 28.2. The molecule has 1 rings (SSSR count). The molecule has 0 heterocycles. The lowest BCUT2D eigenvalue weighted by Crippen LogP contribution is -2.59. The minimum atomic E-state index is -6.54. The fourth-order valence-electron chi connectivity index (χ4n) is 2.35. The standard InChI is InChI=1S/C19H18F8O8S/c1-11-5-7-13(8-6-11)34-15(29)17(18(23,24)25,35-14(28)12(2)20)33-10-4-3-9-16(21,22)19(26,27)36(30,31)32/h5-8H,2-4,9-10H2,1H3,(H,30,31,32). The SMILES string of the molecule is C=C(F)C(=O)OC(OCCCCC(F)(F)C(F)(F)S(=O)(=O)O)(C(=O)Oc1ccc(C)cc1)C(F)(F)F. The molecule has 0 aliphatic carbocycles. The van der Waals surface area contributed by atoms with Crippen molar-refractivity contribution in [3.63, 3.8) is 0 Å². The van der Waals surface area contributed by atoms with Crippen LogP contribution in [-0.4, -0.2) is 54.7 Å². The van der Waals surface area contributed by atoms with Gasteiger partial charge in [-0.3, -0.25) is 4.55 Å². The highest BCUT2D eigenvalue weighted by molar-refractivity contribution is 7.87. The Balaban J connectivity index is 3.12. The Labute approximate surface area is 198 Å². The fraction of sp³-hybridized carbons (Fsp3) is 0.474. The van der Waals surface area contributed by atoms with Crippen molar-refractivity contribution in [2.75, 3.05) is 6.61 Å². The summed E-state index contributed by atoms with van der Waals surface area (Å²) in [5, 5.41) is -5.91. The number of carbonyl (C=O) groups excluding carboxylic acids is 2. The maximum Gasteiger partial charge on any atom is 0.468 e.